The Morgan fingerprint density at radius 3 is 2.83 bits per heavy atom. The van der Waals surface area contributed by atoms with Crippen LogP contribution in [0.5, 0.6) is 0 Å². The quantitative estimate of drug-likeness (QED) is 0.860. The van der Waals surface area contributed by atoms with Crippen molar-refractivity contribution in [2.45, 2.75) is 45.6 Å². The minimum Gasteiger partial charge on any atom is -0.397 e. The van der Waals surface area contributed by atoms with E-state index in [1.54, 1.807) is 6.07 Å². The molecule has 0 aliphatic heterocycles. The van der Waals surface area contributed by atoms with E-state index in [4.69, 9.17) is 5.73 Å². The van der Waals surface area contributed by atoms with Gasteiger partial charge in [0.25, 0.3) is 5.91 Å². The van der Waals surface area contributed by atoms with Crippen LogP contribution in [0.3, 0.4) is 0 Å². The van der Waals surface area contributed by atoms with Gasteiger partial charge in [-0.3, -0.25) is 4.79 Å². The van der Waals surface area contributed by atoms with Gasteiger partial charge in [-0.2, -0.15) is 0 Å². The highest BCUT2D eigenvalue weighted by Gasteiger charge is 2.16. The molecule has 100 valence electrons. The van der Waals surface area contributed by atoms with Crippen LogP contribution in [0.25, 0.3) is 0 Å². The number of anilines is 1. The maximum atomic E-state index is 12.1. The van der Waals surface area contributed by atoms with Crippen LogP contribution in [-0.2, 0) is 6.54 Å². The number of nitrogens with one attached hydrogen (secondary N) is 1. The van der Waals surface area contributed by atoms with Crippen molar-refractivity contribution in [1.82, 2.24) is 9.88 Å². The van der Waals surface area contributed by atoms with Gasteiger partial charge in [-0.1, -0.05) is 19.3 Å². The highest BCUT2D eigenvalue weighted by molar-refractivity contribution is 5.93. The number of aromatic nitrogens is 1. The molecule has 1 aromatic heterocycles. The molecule has 0 aromatic carbocycles. The Morgan fingerprint density at radius 1 is 1.44 bits per heavy atom. The maximum Gasteiger partial charge on any atom is 0.267 e. The topological polar surface area (TPSA) is 60.0 Å². The number of hydrogen-bond acceptors (Lipinski definition) is 2. The van der Waals surface area contributed by atoms with E-state index in [-0.39, 0.29) is 5.91 Å². The molecule has 0 radical (unpaired) electrons. The normalized spacial score (nSPS) is 16.7. The lowest BCUT2D eigenvalue weighted by Gasteiger charge is -2.21. The molecular formula is C14H23N3O. The van der Waals surface area contributed by atoms with Gasteiger partial charge < -0.3 is 15.6 Å². The number of hydrogen-bond donors (Lipinski definition) is 2. The molecule has 1 aliphatic carbocycles. The van der Waals surface area contributed by atoms with Gasteiger partial charge in [0.1, 0.15) is 5.69 Å². The first-order valence-electron chi connectivity index (χ1n) is 6.94. The number of carbonyl (C=O) groups excluding carboxylic acids is 1. The lowest BCUT2D eigenvalue weighted by atomic mass is 9.89. The monoisotopic (exact) mass is 249 g/mol. The number of aryl methyl sites for hydroxylation is 1. The number of nitrogen functional groups attached to an aromatic ring is 1. The first-order chi connectivity index (χ1) is 8.70. The average molecular weight is 249 g/mol. The first kappa shape index (κ1) is 13.0. The largest absolute Gasteiger partial charge is 0.397 e. The van der Waals surface area contributed by atoms with Crippen molar-refractivity contribution in [2.75, 3.05) is 12.3 Å². The standard InChI is InChI=1S/C14H23N3O/c1-2-17-10-12(15)8-13(17)14(18)16-9-11-6-4-3-5-7-11/h8,10-11H,2-7,9,15H2,1H3,(H,16,18). The fourth-order valence-electron chi connectivity index (χ4n) is 2.70. The fourth-order valence-corrected chi connectivity index (χ4v) is 2.70. The number of nitrogens with zero attached hydrogens (tertiary/aromatic N) is 1. The first-order valence-corrected chi connectivity index (χ1v) is 6.94. The van der Waals surface area contributed by atoms with E-state index in [9.17, 15) is 4.79 Å². The summed E-state index contributed by atoms with van der Waals surface area (Å²) >= 11 is 0. The van der Waals surface area contributed by atoms with Crippen LogP contribution in [0.4, 0.5) is 5.69 Å². The molecule has 0 unspecified atom stereocenters. The minimum absolute atomic E-state index is 0.000812. The Morgan fingerprint density at radius 2 is 2.17 bits per heavy atom. The zero-order valence-electron chi connectivity index (χ0n) is 11.1. The van der Waals surface area contributed by atoms with Gasteiger partial charge in [-0.15, -0.1) is 0 Å². The number of nitrogens with two attached hydrogens (primary N) is 1. The SMILES string of the molecule is CCn1cc(N)cc1C(=O)NCC1CCCCC1. The van der Waals surface area contributed by atoms with Gasteiger partial charge in [0.2, 0.25) is 0 Å². The zero-order valence-corrected chi connectivity index (χ0v) is 11.1. The highest BCUT2D eigenvalue weighted by Crippen LogP contribution is 2.22. The molecular weight excluding hydrogens is 226 g/mol. The number of amides is 1. The summed E-state index contributed by atoms with van der Waals surface area (Å²) in [5.74, 6) is 0.657. The van der Waals surface area contributed by atoms with Gasteiger partial charge in [0.05, 0.1) is 5.69 Å². The molecule has 3 N–H and O–H groups in total. The number of carbonyl (C=O) groups is 1. The molecule has 2 rings (SSSR count). The zero-order chi connectivity index (χ0) is 13.0. The molecule has 0 atom stereocenters. The molecule has 1 heterocycles. The van der Waals surface area contributed by atoms with Crippen molar-refractivity contribution in [1.29, 1.82) is 0 Å². The van der Waals surface area contributed by atoms with Crippen LogP contribution < -0.4 is 11.1 Å². The predicted octanol–water partition coefficient (Wildman–Crippen LogP) is 2.40. The van der Waals surface area contributed by atoms with Crippen molar-refractivity contribution in [2.24, 2.45) is 5.92 Å². The fraction of sp³-hybridized carbons (Fsp3) is 0.643. The van der Waals surface area contributed by atoms with Crippen LogP contribution in [0.15, 0.2) is 12.3 Å². The molecule has 0 saturated heterocycles. The van der Waals surface area contributed by atoms with Crippen LogP contribution in [-0.4, -0.2) is 17.0 Å². The molecule has 0 spiro atoms. The molecule has 1 aromatic rings. The minimum atomic E-state index is -0.000812. The highest BCUT2D eigenvalue weighted by atomic mass is 16.1. The van der Waals surface area contributed by atoms with E-state index in [1.165, 1.54) is 32.1 Å². The van der Waals surface area contributed by atoms with Crippen molar-refractivity contribution >= 4 is 11.6 Å². The summed E-state index contributed by atoms with van der Waals surface area (Å²) in [5.41, 5.74) is 7.06. The van der Waals surface area contributed by atoms with E-state index < -0.39 is 0 Å². The van der Waals surface area contributed by atoms with Crippen molar-refractivity contribution < 1.29 is 4.79 Å². The van der Waals surface area contributed by atoms with Crippen LogP contribution >= 0.6 is 0 Å². The van der Waals surface area contributed by atoms with Crippen LogP contribution in [0, 0.1) is 5.92 Å². The maximum absolute atomic E-state index is 12.1. The molecule has 1 aliphatic rings. The summed E-state index contributed by atoms with van der Waals surface area (Å²) in [6, 6.07) is 1.75. The summed E-state index contributed by atoms with van der Waals surface area (Å²) in [6.45, 7) is 3.58. The second kappa shape index (κ2) is 5.94. The van der Waals surface area contributed by atoms with Crippen molar-refractivity contribution in [3.05, 3.63) is 18.0 Å². The van der Waals surface area contributed by atoms with Gasteiger partial charge in [0.15, 0.2) is 0 Å². The summed E-state index contributed by atoms with van der Waals surface area (Å²) in [5, 5.41) is 3.04. The molecule has 4 heteroatoms. The third kappa shape index (κ3) is 3.06. The molecule has 4 nitrogen and oxygen atoms in total. The smallest absolute Gasteiger partial charge is 0.267 e. The lowest BCUT2D eigenvalue weighted by Crippen LogP contribution is -2.31. The Bertz CT molecular complexity index is 405. The molecule has 1 amide bonds. The van der Waals surface area contributed by atoms with Crippen LogP contribution in [0.1, 0.15) is 49.5 Å². The second-order valence-electron chi connectivity index (χ2n) is 5.16. The predicted molar refractivity (Wildman–Crippen MR) is 73.4 cm³/mol. The number of rotatable bonds is 4. The van der Waals surface area contributed by atoms with E-state index >= 15 is 0 Å². The third-order valence-electron chi connectivity index (χ3n) is 3.77. The molecule has 1 saturated carbocycles. The summed E-state index contributed by atoms with van der Waals surface area (Å²) < 4.78 is 1.89. The van der Waals surface area contributed by atoms with E-state index in [0.717, 1.165) is 13.1 Å². The third-order valence-corrected chi connectivity index (χ3v) is 3.77. The Balaban J connectivity index is 1.90. The van der Waals surface area contributed by atoms with Crippen molar-refractivity contribution in [3.63, 3.8) is 0 Å². The molecule has 18 heavy (non-hydrogen) atoms. The Hall–Kier alpha value is -1.45. The van der Waals surface area contributed by atoms with Crippen LogP contribution in [0.2, 0.25) is 0 Å². The summed E-state index contributed by atoms with van der Waals surface area (Å²) in [6.07, 6.45) is 8.27. The van der Waals surface area contributed by atoms with E-state index in [1.807, 2.05) is 17.7 Å². The summed E-state index contributed by atoms with van der Waals surface area (Å²) in [4.78, 5) is 12.1. The Labute approximate surface area is 109 Å². The van der Waals surface area contributed by atoms with E-state index in [2.05, 4.69) is 5.32 Å². The van der Waals surface area contributed by atoms with Gasteiger partial charge in [-0.05, 0) is 31.7 Å². The lowest BCUT2D eigenvalue weighted by molar-refractivity contribution is 0.0934. The molecule has 0 bridgehead atoms. The van der Waals surface area contributed by atoms with Gasteiger partial charge in [0, 0.05) is 19.3 Å². The summed E-state index contributed by atoms with van der Waals surface area (Å²) in [7, 11) is 0. The average Bonchev–Trinajstić information content (AvgIpc) is 2.78. The van der Waals surface area contributed by atoms with Crippen molar-refractivity contribution in [3.8, 4) is 0 Å². The van der Waals surface area contributed by atoms with E-state index in [0.29, 0.717) is 17.3 Å². The molecule has 1 fully saturated rings. The Kier molecular flexibility index (Phi) is 4.28. The second-order valence-corrected chi connectivity index (χ2v) is 5.16. The van der Waals surface area contributed by atoms with Gasteiger partial charge in [-0.25, -0.2) is 0 Å². The van der Waals surface area contributed by atoms with Gasteiger partial charge >= 0.3 is 0 Å².